The van der Waals surface area contributed by atoms with Gasteiger partial charge < -0.3 is 10.3 Å². The summed E-state index contributed by atoms with van der Waals surface area (Å²) in [6, 6.07) is 10.1. The van der Waals surface area contributed by atoms with Gasteiger partial charge >= 0.3 is 0 Å². The minimum Gasteiger partial charge on any atom is -0.355 e. The van der Waals surface area contributed by atoms with Crippen molar-refractivity contribution in [1.29, 1.82) is 0 Å². The van der Waals surface area contributed by atoms with Gasteiger partial charge in [-0.2, -0.15) is 0 Å². The predicted octanol–water partition coefficient (Wildman–Crippen LogP) is 2.19. The number of H-pyrrole nitrogens is 1. The molecule has 1 saturated carbocycles. The number of imidazole rings is 1. The molecule has 1 amide bonds. The van der Waals surface area contributed by atoms with Gasteiger partial charge in [0.05, 0.1) is 11.7 Å². The SMILES string of the molecule is O=C(NCCc1cnc[nH]1)C1(c2ccccc2)CCC1. The van der Waals surface area contributed by atoms with E-state index in [1.165, 1.54) is 0 Å². The Bertz CT molecular complexity index is 559. The molecule has 0 atom stereocenters. The van der Waals surface area contributed by atoms with Crippen LogP contribution in [-0.2, 0) is 16.6 Å². The van der Waals surface area contributed by atoms with Crippen molar-refractivity contribution in [2.75, 3.05) is 6.54 Å². The van der Waals surface area contributed by atoms with Gasteiger partial charge in [-0.05, 0) is 18.4 Å². The van der Waals surface area contributed by atoms with Gasteiger partial charge in [-0.1, -0.05) is 36.8 Å². The lowest BCUT2D eigenvalue weighted by Crippen LogP contribution is -2.49. The summed E-state index contributed by atoms with van der Waals surface area (Å²) in [5.41, 5.74) is 1.90. The van der Waals surface area contributed by atoms with E-state index in [9.17, 15) is 4.79 Å². The molecular formula is C16H19N3O. The van der Waals surface area contributed by atoms with Crippen LogP contribution in [0.25, 0.3) is 0 Å². The summed E-state index contributed by atoms with van der Waals surface area (Å²) in [6.45, 7) is 0.648. The molecule has 4 nitrogen and oxygen atoms in total. The maximum Gasteiger partial charge on any atom is 0.230 e. The second-order valence-electron chi connectivity index (χ2n) is 5.38. The number of carbonyl (C=O) groups excluding carboxylic acids is 1. The molecule has 4 heteroatoms. The second-order valence-corrected chi connectivity index (χ2v) is 5.38. The molecule has 0 radical (unpaired) electrons. The third-order valence-electron chi connectivity index (χ3n) is 4.20. The van der Waals surface area contributed by atoms with E-state index < -0.39 is 0 Å². The summed E-state index contributed by atoms with van der Waals surface area (Å²) in [6.07, 6.45) is 7.27. The summed E-state index contributed by atoms with van der Waals surface area (Å²) in [4.78, 5) is 19.6. The Labute approximate surface area is 118 Å². The lowest BCUT2D eigenvalue weighted by molar-refractivity contribution is -0.129. The standard InChI is InChI=1S/C16H19N3O/c20-15(18-10-7-14-11-17-12-19-14)16(8-4-9-16)13-5-2-1-3-6-13/h1-3,5-6,11-12H,4,7-10H2,(H,17,19)(H,18,20). The van der Waals surface area contributed by atoms with Crippen LogP contribution in [0.4, 0.5) is 0 Å². The van der Waals surface area contributed by atoms with Crippen LogP contribution in [0.2, 0.25) is 0 Å². The maximum absolute atomic E-state index is 12.5. The normalized spacial score (nSPS) is 16.4. The Balaban J connectivity index is 1.63. The van der Waals surface area contributed by atoms with Crippen molar-refractivity contribution < 1.29 is 4.79 Å². The lowest BCUT2D eigenvalue weighted by atomic mass is 9.64. The van der Waals surface area contributed by atoms with E-state index in [2.05, 4.69) is 27.4 Å². The first-order valence-electron chi connectivity index (χ1n) is 7.12. The molecule has 0 saturated heterocycles. The van der Waals surface area contributed by atoms with Crippen molar-refractivity contribution in [2.24, 2.45) is 0 Å². The zero-order valence-electron chi connectivity index (χ0n) is 11.4. The van der Waals surface area contributed by atoms with Crippen molar-refractivity contribution in [1.82, 2.24) is 15.3 Å². The van der Waals surface area contributed by atoms with Gasteiger partial charge in [-0.25, -0.2) is 4.98 Å². The molecule has 104 valence electrons. The molecule has 1 heterocycles. The quantitative estimate of drug-likeness (QED) is 0.874. The molecule has 1 aromatic carbocycles. The van der Waals surface area contributed by atoms with E-state index in [0.29, 0.717) is 6.54 Å². The Morgan fingerprint density at radius 1 is 1.30 bits per heavy atom. The van der Waals surface area contributed by atoms with E-state index in [4.69, 9.17) is 0 Å². The molecule has 0 aliphatic heterocycles. The first-order chi connectivity index (χ1) is 9.81. The van der Waals surface area contributed by atoms with Gasteiger partial charge in [-0.15, -0.1) is 0 Å². The van der Waals surface area contributed by atoms with Gasteiger partial charge in [0.2, 0.25) is 5.91 Å². The molecule has 1 aliphatic carbocycles. The van der Waals surface area contributed by atoms with E-state index in [-0.39, 0.29) is 11.3 Å². The number of nitrogens with one attached hydrogen (secondary N) is 2. The number of aromatic nitrogens is 2. The van der Waals surface area contributed by atoms with Crippen molar-refractivity contribution >= 4 is 5.91 Å². The molecule has 2 aromatic rings. The summed E-state index contributed by atoms with van der Waals surface area (Å²) in [5.74, 6) is 0.162. The summed E-state index contributed by atoms with van der Waals surface area (Å²) >= 11 is 0. The smallest absolute Gasteiger partial charge is 0.230 e. The largest absolute Gasteiger partial charge is 0.355 e. The van der Waals surface area contributed by atoms with Crippen LogP contribution in [0, 0.1) is 0 Å². The Hall–Kier alpha value is -2.10. The maximum atomic E-state index is 12.5. The predicted molar refractivity (Wildman–Crippen MR) is 77.3 cm³/mol. The molecule has 0 unspecified atom stereocenters. The average Bonchev–Trinajstić information content (AvgIpc) is 2.92. The van der Waals surface area contributed by atoms with Gasteiger partial charge in [-0.3, -0.25) is 4.79 Å². The minimum atomic E-state index is -0.296. The third kappa shape index (κ3) is 2.33. The van der Waals surface area contributed by atoms with Gasteiger partial charge in [0, 0.05) is 24.9 Å². The molecule has 2 N–H and O–H groups in total. The van der Waals surface area contributed by atoms with Crippen LogP contribution in [0.15, 0.2) is 42.9 Å². The molecule has 0 bridgehead atoms. The van der Waals surface area contributed by atoms with E-state index >= 15 is 0 Å². The Kier molecular flexibility index (Phi) is 3.54. The van der Waals surface area contributed by atoms with E-state index in [0.717, 1.165) is 36.9 Å². The Morgan fingerprint density at radius 3 is 2.70 bits per heavy atom. The summed E-state index contributed by atoms with van der Waals surface area (Å²) < 4.78 is 0. The minimum absolute atomic E-state index is 0.162. The van der Waals surface area contributed by atoms with Gasteiger partial charge in [0.25, 0.3) is 0 Å². The molecule has 3 rings (SSSR count). The monoisotopic (exact) mass is 269 g/mol. The van der Waals surface area contributed by atoms with Crippen molar-refractivity contribution in [3.8, 4) is 0 Å². The van der Waals surface area contributed by atoms with E-state index in [1.54, 1.807) is 12.5 Å². The fraction of sp³-hybridized carbons (Fsp3) is 0.375. The zero-order valence-corrected chi connectivity index (χ0v) is 11.4. The van der Waals surface area contributed by atoms with Gasteiger partial charge in [0.1, 0.15) is 0 Å². The van der Waals surface area contributed by atoms with Crippen LogP contribution >= 0.6 is 0 Å². The van der Waals surface area contributed by atoms with Gasteiger partial charge in [0.15, 0.2) is 0 Å². The first kappa shape index (κ1) is 12.9. The summed E-state index contributed by atoms with van der Waals surface area (Å²) in [5, 5.41) is 3.08. The number of amides is 1. The van der Waals surface area contributed by atoms with E-state index in [1.807, 2.05) is 18.2 Å². The summed E-state index contributed by atoms with van der Waals surface area (Å²) in [7, 11) is 0. The van der Waals surface area contributed by atoms with Crippen LogP contribution in [0.5, 0.6) is 0 Å². The number of aromatic amines is 1. The Morgan fingerprint density at radius 2 is 2.10 bits per heavy atom. The van der Waals surface area contributed by atoms with Crippen molar-refractivity contribution in [3.63, 3.8) is 0 Å². The number of nitrogens with zero attached hydrogens (tertiary/aromatic N) is 1. The number of rotatable bonds is 5. The zero-order chi connectivity index (χ0) is 13.8. The first-order valence-corrected chi connectivity index (χ1v) is 7.12. The fourth-order valence-electron chi connectivity index (χ4n) is 2.84. The van der Waals surface area contributed by atoms with Crippen LogP contribution < -0.4 is 5.32 Å². The second kappa shape index (κ2) is 5.49. The third-order valence-corrected chi connectivity index (χ3v) is 4.20. The molecule has 20 heavy (non-hydrogen) atoms. The topological polar surface area (TPSA) is 57.8 Å². The number of hydrogen-bond acceptors (Lipinski definition) is 2. The molecule has 1 fully saturated rings. The lowest BCUT2D eigenvalue weighted by Gasteiger charge is -2.40. The highest BCUT2D eigenvalue weighted by atomic mass is 16.2. The highest BCUT2D eigenvalue weighted by Gasteiger charge is 2.45. The highest BCUT2D eigenvalue weighted by molar-refractivity contribution is 5.89. The number of benzene rings is 1. The highest BCUT2D eigenvalue weighted by Crippen LogP contribution is 2.43. The fourth-order valence-corrected chi connectivity index (χ4v) is 2.84. The molecule has 0 spiro atoms. The van der Waals surface area contributed by atoms with Crippen LogP contribution in [0.1, 0.15) is 30.5 Å². The number of carbonyl (C=O) groups is 1. The van der Waals surface area contributed by atoms with Crippen molar-refractivity contribution in [2.45, 2.75) is 31.1 Å². The van der Waals surface area contributed by atoms with Crippen molar-refractivity contribution in [3.05, 3.63) is 54.1 Å². The average molecular weight is 269 g/mol. The number of hydrogen-bond donors (Lipinski definition) is 2. The molecule has 1 aliphatic rings. The van der Waals surface area contributed by atoms with Crippen LogP contribution in [0.3, 0.4) is 0 Å². The molecular weight excluding hydrogens is 250 g/mol. The molecule has 1 aromatic heterocycles. The van der Waals surface area contributed by atoms with Crippen LogP contribution in [-0.4, -0.2) is 22.4 Å².